The Labute approximate surface area is 267 Å². The first-order chi connectivity index (χ1) is 20.7. The molecule has 10 atom stereocenters. The lowest BCUT2D eigenvalue weighted by atomic mass is 9.32. The molecule has 5 aliphatic rings. The molecule has 1 aromatic carbocycles. The fourth-order valence-corrected chi connectivity index (χ4v) is 12.8. The van der Waals surface area contributed by atoms with Crippen molar-refractivity contribution in [1.82, 2.24) is 0 Å². The maximum atomic E-state index is 14.2. The standard InChI is InChI=1S/C40H58O4/c1-9-33(41)44-32-19-20-37(6)30(36(32,4)5)18-21-39(8)31(37)16-15-29-34-28(26(2)3)17-22-40(34,24-23-38(29,39)7)35(42)43-25-27-13-11-10-12-14-27/h10-14,28-32,34H,2,9,15-25H2,1,3-8H3/t28-,29+,30?,31+,32?,34?,37-,38+,39+,40-/m0/s1. The molecule has 0 saturated heterocycles. The highest BCUT2D eigenvalue weighted by atomic mass is 16.5. The summed E-state index contributed by atoms with van der Waals surface area (Å²) in [6.07, 6.45) is 11.4. The molecule has 3 unspecified atom stereocenters. The van der Waals surface area contributed by atoms with Crippen molar-refractivity contribution in [1.29, 1.82) is 0 Å². The van der Waals surface area contributed by atoms with Crippen LogP contribution in [0.2, 0.25) is 0 Å². The number of hydrogen-bond donors (Lipinski definition) is 0. The highest BCUT2D eigenvalue weighted by molar-refractivity contribution is 5.78. The minimum absolute atomic E-state index is 0.0105. The molecule has 5 aliphatic carbocycles. The number of ether oxygens (including phenoxy) is 2. The predicted octanol–water partition coefficient (Wildman–Crippen LogP) is 9.71. The van der Waals surface area contributed by atoms with Gasteiger partial charge in [-0.25, -0.2) is 0 Å². The average molecular weight is 603 g/mol. The number of esters is 2. The third-order valence-corrected chi connectivity index (χ3v) is 15.2. The van der Waals surface area contributed by atoms with E-state index in [-0.39, 0.29) is 39.7 Å². The van der Waals surface area contributed by atoms with Crippen molar-refractivity contribution in [3.05, 3.63) is 48.0 Å². The molecule has 0 spiro atoms. The molecule has 4 heteroatoms. The minimum Gasteiger partial charge on any atom is -0.462 e. The van der Waals surface area contributed by atoms with Gasteiger partial charge in [0, 0.05) is 11.8 Å². The SMILES string of the molecule is C=C(C)[C@@H]1CC[C@]2(C(=O)OCc3ccccc3)CC[C@]3(C)[C@H](CC[C@@H]4[C@@]5(C)CCC(OC(=O)CC)C(C)(C)C5CC[C@]43C)C12. The summed E-state index contributed by atoms with van der Waals surface area (Å²) in [5, 5.41) is 0. The molecular weight excluding hydrogens is 544 g/mol. The van der Waals surface area contributed by atoms with Crippen molar-refractivity contribution in [2.45, 2.75) is 132 Å². The van der Waals surface area contributed by atoms with Crippen LogP contribution < -0.4 is 0 Å². The Kier molecular flexibility index (Phi) is 7.97. The van der Waals surface area contributed by atoms with E-state index in [0.717, 1.165) is 44.1 Å². The van der Waals surface area contributed by atoms with Gasteiger partial charge in [-0.05, 0) is 123 Å². The van der Waals surface area contributed by atoms with Gasteiger partial charge in [0.1, 0.15) is 12.7 Å². The number of carbonyl (C=O) groups excluding carboxylic acids is 2. The number of fused-ring (bicyclic) bond motifs is 7. The maximum Gasteiger partial charge on any atom is 0.312 e. The highest BCUT2D eigenvalue weighted by Gasteiger charge is 2.72. The highest BCUT2D eigenvalue weighted by Crippen LogP contribution is 2.77. The zero-order chi connectivity index (χ0) is 31.7. The third-order valence-electron chi connectivity index (χ3n) is 15.2. The molecule has 0 amide bonds. The lowest BCUT2D eigenvalue weighted by Crippen LogP contribution is -2.67. The monoisotopic (exact) mass is 602 g/mol. The fourth-order valence-electron chi connectivity index (χ4n) is 12.8. The van der Waals surface area contributed by atoms with Crippen molar-refractivity contribution in [3.63, 3.8) is 0 Å². The van der Waals surface area contributed by atoms with Crippen molar-refractivity contribution in [2.75, 3.05) is 0 Å². The van der Waals surface area contributed by atoms with E-state index in [0.29, 0.717) is 42.6 Å². The van der Waals surface area contributed by atoms with E-state index in [2.05, 4.69) is 48.1 Å². The lowest BCUT2D eigenvalue weighted by Gasteiger charge is -2.72. The van der Waals surface area contributed by atoms with E-state index in [4.69, 9.17) is 9.47 Å². The zero-order valence-electron chi connectivity index (χ0n) is 28.7. The summed E-state index contributed by atoms with van der Waals surface area (Å²) in [7, 11) is 0. The zero-order valence-corrected chi connectivity index (χ0v) is 28.7. The first kappa shape index (κ1) is 31.9. The second-order valence-corrected chi connectivity index (χ2v) is 17.1. The third kappa shape index (κ3) is 4.49. The van der Waals surface area contributed by atoms with Gasteiger partial charge in [0.05, 0.1) is 5.41 Å². The van der Waals surface area contributed by atoms with Gasteiger partial charge < -0.3 is 9.47 Å². The fraction of sp³-hybridized carbons (Fsp3) is 0.750. The van der Waals surface area contributed by atoms with Gasteiger partial charge >= 0.3 is 11.9 Å². The Bertz CT molecular complexity index is 1280. The second kappa shape index (κ2) is 11.0. The Morgan fingerprint density at radius 1 is 0.841 bits per heavy atom. The van der Waals surface area contributed by atoms with Crippen molar-refractivity contribution in [2.24, 2.45) is 56.7 Å². The van der Waals surface area contributed by atoms with Crippen molar-refractivity contribution < 1.29 is 19.1 Å². The molecule has 4 nitrogen and oxygen atoms in total. The van der Waals surface area contributed by atoms with Gasteiger partial charge in [0.2, 0.25) is 0 Å². The minimum atomic E-state index is -0.393. The molecule has 44 heavy (non-hydrogen) atoms. The molecule has 0 N–H and O–H groups in total. The molecule has 0 bridgehead atoms. The van der Waals surface area contributed by atoms with Crippen LogP contribution >= 0.6 is 0 Å². The van der Waals surface area contributed by atoms with E-state index in [1.54, 1.807) is 0 Å². The summed E-state index contributed by atoms with van der Waals surface area (Å²) in [5.74, 6) is 2.37. The Balaban J connectivity index is 1.30. The Morgan fingerprint density at radius 3 is 2.25 bits per heavy atom. The summed E-state index contributed by atoms with van der Waals surface area (Å²) in [6, 6.07) is 10.1. The molecular formula is C40H58O4. The van der Waals surface area contributed by atoms with Crippen molar-refractivity contribution in [3.8, 4) is 0 Å². The maximum absolute atomic E-state index is 14.2. The summed E-state index contributed by atoms with van der Waals surface area (Å²) in [6.45, 7) is 21.6. The molecule has 1 aromatic rings. The Morgan fingerprint density at radius 2 is 1.57 bits per heavy atom. The molecule has 0 heterocycles. The van der Waals surface area contributed by atoms with Crippen LogP contribution in [0.3, 0.4) is 0 Å². The van der Waals surface area contributed by atoms with Gasteiger partial charge in [-0.15, -0.1) is 0 Å². The van der Waals surface area contributed by atoms with Crippen LogP contribution in [0.15, 0.2) is 42.5 Å². The van der Waals surface area contributed by atoms with E-state index < -0.39 is 5.41 Å². The van der Waals surface area contributed by atoms with Crippen LogP contribution in [0.4, 0.5) is 0 Å². The number of rotatable bonds is 6. The summed E-state index contributed by atoms with van der Waals surface area (Å²) >= 11 is 0. The van der Waals surface area contributed by atoms with Crippen LogP contribution in [0.5, 0.6) is 0 Å². The van der Waals surface area contributed by atoms with E-state index in [1.165, 1.54) is 31.3 Å². The van der Waals surface area contributed by atoms with E-state index in [9.17, 15) is 9.59 Å². The first-order valence-electron chi connectivity index (χ1n) is 17.8. The normalized spacial score (nSPS) is 43.9. The second-order valence-electron chi connectivity index (χ2n) is 17.1. The Hall–Kier alpha value is -2.10. The van der Waals surface area contributed by atoms with E-state index in [1.807, 2.05) is 37.3 Å². The molecule has 242 valence electrons. The number of carbonyl (C=O) groups is 2. The topological polar surface area (TPSA) is 52.6 Å². The van der Waals surface area contributed by atoms with Crippen LogP contribution in [0, 0.1) is 56.7 Å². The summed E-state index contributed by atoms with van der Waals surface area (Å²) < 4.78 is 12.3. The number of benzene rings is 1. The molecule has 6 rings (SSSR count). The molecule has 0 aromatic heterocycles. The summed E-state index contributed by atoms with van der Waals surface area (Å²) in [4.78, 5) is 26.6. The van der Waals surface area contributed by atoms with Crippen LogP contribution in [0.1, 0.15) is 125 Å². The van der Waals surface area contributed by atoms with Gasteiger partial charge in [-0.2, -0.15) is 0 Å². The number of hydrogen-bond acceptors (Lipinski definition) is 4. The van der Waals surface area contributed by atoms with Gasteiger partial charge in [0.25, 0.3) is 0 Å². The quantitative estimate of drug-likeness (QED) is 0.240. The largest absolute Gasteiger partial charge is 0.462 e. The van der Waals surface area contributed by atoms with Gasteiger partial charge in [0.15, 0.2) is 0 Å². The van der Waals surface area contributed by atoms with Crippen LogP contribution in [0.25, 0.3) is 0 Å². The molecule has 5 fully saturated rings. The molecule has 5 saturated carbocycles. The van der Waals surface area contributed by atoms with Crippen LogP contribution in [-0.4, -0.2) is 18.0 Å². The van der Waals surface area contributed by atoms with Gasteiger partial charge in [-0.1, -0.05) is 84.0 Å². The van der Waals surface area contributed by atoms with Crippen molar-refractivity contribution >= 4 is 11.9 Å². The lowest BCUT2D eigenvalue weighted by molar-refractivity contribution is -0.251. The molecule has 0 radical (unpaired) electrons. The molecule has 0 aliphatic heterocycles. The van der Waals surface area contributed by atoms with Gasteiger partial charge in [-0.3, -0.25) is 9.59 Å². The smallest absolute Gasteiger partial charge is 0.312 e. The summed E-state index contributed by atoms with van der Waals surface area (Å²) in [5.41, 5.74) is 2.50. The number of allylic oxidation sites excluding steroid dienone is 1. The predicted molar refractivity (Wildman–Crippen MR) is 175 cm³/mol. The van der Waals surface area contributed by atoms with Crippen LogP contribution in [-0.2, 0) is 25.7 Å². The average Bonchev–Trinajstić information content (AvgIpc) is 3.39. The first-order valence-corrected chi connectivity index (χ1v) is 17.8. The van der Waals surface area contributed by atoms with E-state index >= 15 is 0 Å².